The molecule has 2 aromatic rings. The van der Waals surface area contributed by atoms with Crippen LogP contribution in [0.5, 0.6) is 0 Å². The topological polar surface area (TPSA) is 49.4 Å². The Labute approximate surface area is 181 Å². The van der Waals surface area contributed by atoms with E-state index in [9.17, 15) is 14.0 Å². The van der Waals surface area contributed by atoms with Crippen LogP contribution < -0.4 is 5.32 Å². The van der Waals surface area contributed by atoms with Crippen LogP contribution in [0.1, 0.15) is 37.8 Å². The van der Waals surface area contributed by atoms with Crippen LogP contribution in [-0.2, 0) is 22.6 Å². The molecule has 2 amide bonds. The average molecular weight is 439 g/mol. The maximum atomic E-state index is 14.2. The first kappa shape index (κ1) is 23.2. The van der Waals surface area contributed by atoms with Crippen molar-refractivity contribution >= 4 is 35.0 Å². The molecule has 0 aliphatic rings. The van der Waals surface area contributed by atoms with E-state index >= 15 is 0 Å². The van der Waals surface area contributed by atoms with Gasteiger partial charge in [-0.2, -0.15) is 0 Å². The minimum Gasteiger partial charge on any atom is -0.354 e. The van der Waals surface area contributed by atoms with Gasteiger partial charge in [0, 0.05) is 28.7 Å². The van der Waals surface area contributed by atoms with Crippen LogP contribution in [0, 0.1) is 5.82 Å². The highest BCUT2D eigenvalue weighted by Gasteiger charge is 2.27. The number of rotatable bonds is 9. The molecule has 0 heterocycles. The van der Waals surface area contributed by atoms with E-state index in [0.717, 1.165) is 12.8 Å². The third kappa shape index (κ3) is 6.72. The fraction of sp³-hybridized carbons (Fsp3) is 0.364. The summed E-state index contributed by atoms with van der Waals surface area (Å²) in [6.07, 6.45) is 1.78. The Balaban J connectivity index is 2.23. The molecule has 1 N–H and O–H groups in total. The van der Waals surface area contributed by atoms with Crippen molar-refractivity contribution in [2.24, 2.45) is 0 Å². The second-order valence-electron chi connectivity index (χ2n) is 6.85. The van der Waals surface area contributed by atoms with Gasteiger partial charge in [-0.25, -0.2) is 4.39 Å². The first-order valence-electron chi connectivity index (χ1n) is 9.58. The Kier molecular flexibility index (Phi) is 8.93. The van der Waals surface area contributed by atoms with Gasteiger partial charge < -0.3 is 10.2 Å². The van der Waals surface area contributed by atoms with Crippen molar-refractivity contribution in [3.8, 4) is 0 Å². The summed E-state index contributed by atoms with van der Waals surface area (Å²) < 4.78 is 14.2. The standard InChI is InChI=1S/C22H25Cl2FN2O2/c1-3-4-11-26-22(29)15(2)27(14-17-7-5-6-8-20(17)25)21(28)12-16-9-10-18(23)13-19(16)24/h5-10,13,15H,3-4,11-12,14H2,1-2H3,(H,26,29)/t15-/m0/s1. The minimum absolute atomic E-state index is 0.0148. The first-order valence-corrected chi connectivity index (χ1v) is 10.3. The van der Waals surface area contributed by atoms with Gasteiger partial charge in [-0.05, 0) is 37.1 Å². The van der Waals surface area contributed by atoms with Gasteiger partial charge in [0.05, 0.1) is 6.42 Å². The Hall–Kier alpha value is -2.11. The molecule has 0 saturated heterocycles. The fourth-order valence-corrected chi connectivity index (χ4v) is 3.33. The lowest BCUT2D eigenvalue weighted by Gasteiger charge is -2.29. The van der Waals surface area contributed by atoms with Gasteiger partial charge in [-0.3, -0.25) is 9.59 Å². The van der Waals surface area contributed by atoms with Crippen molar-refractivity contribution in [2.45, 2.75) is 45.7 Å². The molecule has 0 spiro atoms. The van der Waals surface area contributed by atoms with Crippen molar-refractivity contribution in [2.75, 3.05) is 6.54 Å². The molecule has 0 aliphatic heterocycles. The molecule has 0 saturated carbocycles. The number of nitrogens with zero attached hydrogens (tertiary/aromatic N) is 1. The summed E-state index contributed by atoms with van der Waals surface area (Å²) in [5.41, 5.74) is 0.939. The van der Waals surface area contributed by atoms with Crippen LogP contribution in [0.4, 0.5) is 4.39 Å². The number of hydrogen-bond donors (Lipinski definition) is 1. The third-order valence-electron chi connectivity index (χ3n) is 4.65. The zero-order chi connectivity index (χ0) is 21.4. The Bertz CT molecular complexity index is 860. The second-order valence-corrected chi connectivity index (χ2v) is 7.69. The number of unbranched alkanes of at least 4 members (excludes halogenated alkanes) is 1. The lowest BCUT2D eigenvalue weighted by Crippen LogP contribution is -2.48. The summed E-state index contributed by atoms with van der Waals surface area (Å²) in [7, 11) is 0. The fourth-order valence-electron chi connectivity index (χ4n) is 2.86. The van der Waals surface area contributed by atoms with E-state index in [2.05, 4.69) is 5.32 Å². The molecule has 2 rings (SSSR count). The van der Waals surface area contributed by atoms with Crippen LogP contribution in [0.3, 0.4) is 0 Å². The van der Waals surface area contributed by atoms with E-state index in [4.69, 9.17) is 23.2 Å². The van der Waals surface area contributed by atoms with Gasteiger partial charge >= 0.3 is 0 Å². The van der Waals surface area contributed by atoms with Gasteiger partial charge in [0.15, 0.2) is 0 Å². The van der Waals surface area contributed by atoms with E-state index in [1.54, 1.807) is 43.3 Å². The summed E-state index contributed by atoms with van der Waals surface area (Å²) in [6.45, 7) is 4.19. The summed E-state index contributed by atoms with van der Waals surface area (Å²) in [4.78, 5) is 27.0. The normalized spacial score (nSPS) is 11.8. The first-order chi connectivity index (χ1) is 13.8. The average Bonchev–Trinajstić information content (AvgIpc) is 2.69. The molecule has 2 aromatic carbocycles. The molecule has 1 atom stereocenters. The largest absolute Gasteiger partial charge is 0.354 e. The van der Waals surface area contributed by atoms with Crippen molar-refractivity contribution < 1.29 is 14.0 Å². The molecule has 156 valence electrons. The molecule has 7 heteroatoms. The van der Waals surface area contributed by atoms with E-state index < -0.39 is 11.9 Å². The van der Waals surface area contributed by atoms with Crippen molar-refractivity contribution in [1.82, 2.24) is 10.2 Å². The predicted molar refractivity (Wildman–Crippen MR) is 114 cm³/mol. The molecule has 0 aliphatic carbocycles. The number of halogens is 3. The van der Waals surface area contributed by atoms with Gasteiger partial charge in [-0.15, -0.1) is 0 Å². The zero-order valence-electron chi connectivity index (χ0n) is 16.6. The van der Waals surface area contributed by atoms with E-state index in [-0.39, 0.29) is 24.8 Å². The van der Waals surface area contributed by atoms with E-state index in [1.165, 1.54) is 11.0 Å². The molecule has 0 bridgehead atoms. The highest BCUT2D eigenvalue weighted by Crippen LogP contribution is 2.23. The summed E-state index contributed by atoms with van der Waals surface area (Å²) in [5.74, 6) is -1.02. The molecule has 0 aromatic heterocycles. The number of benzene rings is 2. The van der Waals surface area contributed by atoms with Crippen LogP contribution >= 0.6 is 23.2 Å². The smallest absolute Gasteiger partial charge is 0.242 e. The number of amides is 2. The van der Waals surface area contributed by atoms with E-state index in [0.29, 0.717) is 27.7 Å². The van der Waals surface area contributed by atoms with Crippen molar-refractivity contribution in [1.29, 1.82) is 0 Å². The van der Waals surface area contributed by atoms with Crippen LogP contribution in [0.25, 0.3) is 0 Å². The highest BCUT2D eigenvalue weighted by molar-refractivity contribution is 6.35. The third-order valence-corrected chi connectivity index (χ3v) is 5.24. The molecular formula is C22H25Cl2FN2O2. The van der Waals surface area contributed by atoms with Gasteiger partial charge in [0.25, 0.3) is 0 Å². The Morgan fingerprint density at radius 1 is 1.14 bits per heavy atom. The Morgan fingerprint density at radius 3 is 2.52 bits per heavy atom. The van der Waals surface area contributed by atoms with Crippen molar-refractivity contribution in [3.63, 3.8) is 0 Å². The second kappa shape index (κ2) is 11.2. The number of carbonyl (C=O) groups excluding carboxylic acids is 2. The van der Waals surface area contributed by atoms with Gasteiger partial charge in [0.2, 0.25) is 11.8 Å². The van der Waals surface area contributed by atoms with Gasteiger partial charge in [-0.1, -0.05) is 60.8 Å². The van der Waals surface area contributed by atoms with E-state index in [1.807, 2.05) is 6.92 Å². The Morgan fingerprint density at radius 2 is 1.86 bits per heavy atom. The van der Waals surface area contributed by atoms with Crippen LogP contribution in [-0.4, -0.2) is 29.3 Å². The predicted octanol–water partition coefficient (Wildman–Crippen LogP) is 5.01. The highest BCUT2D eigenvalue weighted by atomic mass is 35.5. The van der Waals surface area contributed by atoms with Crippen molar-refractivity contribution in [3.05, 3.63) is 69.5 Å². The number of carbonyl (C=O) groups is 2. The van der Waals surface area contributed by atoms with Gasteiger partial charge in [0.1, 0.15) is 11.9 Å². The molecule has 0 unspecified atom stereocenters. The summed E-state index contributed by atoms with van der Waals surface area (Å²) in [6, 6.07) is 10.3. The zero-order valence-corrected chi connectivity index (χ0v) is 18.1. The lowest BCUT2D eigenvalue weighted by molar-refractivity contribution is -0.140. The lowest BCUT2D eigenvalue weighted by atomic mass is 10.1. The quantitative estimate of drug-likeness (QED) is 0.559. The monoisotopic (exact) mass is 438 g/mol. The maximum absolute atomic E-state index is 14.2. The molecular weight excluding hydrogens is 414 g/mol. The minimum atomic E-state index is -0.759. The molecule has 29 heavy (non-hydrogen) atoms. The maximum Gasteiger partial charge on any atom is 0.242 e. The number of hydrogen-bond acceptors (Lipinski definition) is 2. The summed E-state index contributed by atoms with van der Waals surface area (Å²) in [5, 5.41) is 3.67. The van der Waals surface area contributed by atoms with Crippen LogP contribution in [0.15, 0.2) is 42.5 Å². The van der Waals surface area contributed by atoms with Crippen LogP contribution in [0.2, 0.25) is 10.0 Å². The SMILES string of the molecule is CCCCNC(=O)[C@H](C)N(Cc1ccccc1F)C(=O)Cc1ccc(Cl)cc1Cl. The summed E-state index contributed by atoms with van der Waals surface area (Å²) >= 11 is 12.1. The molecule has 0 radical (unpaired) electrons. The number of nitrogens with one attached hydrogen (secondary N) is 1. The molecule has 0 fully saturated rings. The molecule has 4 nitrogen and oxygen atoms in total.